The lowest BCUT2D eigenvalue weighted by Gasteiger charge is -2.11. The highest BCUT2D eigenvalue weighted by Crippen LogP contribution is 2.20. The van der Waals surface area contributed by atoms with Gasteiger partial charge in [0.15, 0.2) is 6.61 Å². The second kappa shape index (κ2) is 6.93. The summed E-state index contributed by atoms with van der Waals surface area (Å²) in [5.41, 5.74) is 3.16. The van der Waals surface area contributed by atoms with Crippen molar-refractivity contribution in [2.45, 2.75) is 27.2 Å². The lowest BCUT2D eigenvalue weighted by atomic mass is 10.1. The van der Waals surface area contributed by atoms with Crippen LogP contribution >= 0.6 is 0 Å². The number of rotatable bonds is 5. The lowest BCUT2D eigenvalue weighted by Crippen LogP contribution is -2.18. The fraction of sp³-hybridized carbons (Fsp3) is 0.278. The zero-order valence-electron chi connectivity index (χ0n) is 12.7. The first-order chi connectivity index (χ1) is 10.1. The average Bonchev–Trinajstić information content (AvgIpc) is 2.48. The number of hydrogen-bond acceptors (Lipinski definition) is 3. The van der Waals surface area contributed by atoms with E-state index >= 15 is 0 Å². The van der Waals surface area contributed by atoms with Gasteiger partial charge in [-0.05, 0) is 43.5 Å². The number of hydrogen-bond donors (Lipinski definition) is 0. The minimum Gasteiger partial charge on any atom is -0.482 e. The smallest absolute Gasteiger partial charge is 0.349 e. The van der Waals surface area contributed by atoms with Crippen LogP contribution in [-0.2, 0) is 11.2 Å². The molecule has 0 unspecified atom stereocenters. The molecule has 2 aromatic carbocycles. The van der Waals surface area contributed by atoms with Crippen molar-refractivity contribution in [2.24, 2.45) is 0 Å². The zero-order chi connectivity index (χ0) is 15.2. The van der Waals surface area contributed by atoms with Gasteiger partial charge in [-0.2, -0.15) is 0 Å². The van der Waals surface area contributed by atoms with Crippen molar-refractivity contribution in [3.8, 4) is 11.5 Å². The maximum Gasteiger partial charge on any atom is 0.349 e. The van der Waals surface area contributed by atoms with E-state index in [0.29, 0.717) is 5.75 Å². The van der Waals surface area contributed by atoms with Crippen LogP contribution in [0.4, 0.5) is 0 Å². The van der Waals surface area contributed by atoms with Gasteiger partial charge < -0.3 is 9.47 Å². The molecule has 0 heterocycles. The molecule has 0 bridgehead atoms. The van der Waals surface area contributed by atoms with Gasteiger partial charge >= 0.3 is 5.97 Å². The van der Waals surface area contributed by atoms with Gasteiger partial charge in [-0.25, -0.2) is 4.79 Å². The predicted octanol–water partition coefficient (Wildman–Crippen LogP) is 3.85. The van der Waals surface area contributed by atoms with Gasteiger partial charge in [0.2, 0.25) is 0 Å². The summed E-state index contributed by atoms with van der Waals surface area (Å²) in [6, 6.07) is 13.4. The van der Waals surface area contributed by atoms with E-state index in [-0.39, 0.29) is 6.61 Å². The third kappa shape index (κ3) is 4.09. The van der Waals surface area contributed by atoms with E-state index in [0.717, 1.165) is 28.9 Å². The van der Waals surface area contributed by atoms with Gasteiger partial charge in [-0.1, -0.05) is 42.8 Å². The molecule has 0 atom stereocenters. The first kappa shape index (κ1) is 15.1. The molecule has 0 aliphatic heterocycles. The number of aryl methyl sites for hydroxylation is 3. The number of carbonyl (C=O) groups excluding carboxylic acids is 1. The number of carbonyl (C=O) groups is 1. The van der Waals surface area contributed by atoms with Crippen molar-refractivity contribution in [2.75, 3.05) is 6.61 Å². The van der Waals surface area contributed by atoms with E-state index in [1.807, 2.05) is 56.3 Å². The van der Waals surface area contributed by atoms with E-state index in [1.54, 1.807) is 0 Å². The summed E-state index contributed by atoms with van der Waals surface area (Å²) in [5, 5.41) is 0. The maximum atomic E-state index is 11.9. The monoisotopic (exact) mass is 284 g/mol. The lowest BCUT2D eigenvalue weighted by molar-refractivity contribution is -0.136. The molecule has 0 spiro atoms. The average molecular weight is 284 g/mol. The first-order valence-corrected chi connectivity index (χ1v) is 7.08. The van der Waals surface area contributed by atoms with Crippen LogP contribution in [0.25, 0.3) is 0 Å². The summed E-state index contributed by atoms with van der Waals surface area (Å²) in [4.78, 5) is 11.9. The summed E-state index contributed by atoms with van der Waals surface area (Å²) in [6.07, 6.45) is 0.863. The second-order valence-electron chi connectivity index (χ2n) is 4.99. The Morgan fingerprint density at radius 1 is 1.05 bits per heavy atom. The number of para-hydroxylation sites is 1. The summed E-state index contributed by atoms with van der Waals surface area (Å²) >= 11 is 0. The normalized spacial score (nSPS) is 10.2. The Kier molecular flexibility index (Phi) is 4.99. The molecule has 0 aliphatic carbocycles. The standard InChI is InChI=1S/C18H20O3/c1-4-15-7-5-6-8-17(15)20-12-18(19)21-16-10-9-13(2)11-14(16)3/h5-11H,4,12H2,1-3H3. The van der Waals surface area contributed by atoms with Crippen LogP contribution in [0.15, 0.2) is 42.5 Å². The molecule has 0 saturated heterocycles. The van der Waals surface area contributed by atoms with Gasteiger partial charge in [0.05, 0.1) is 0 Å². The minimum atomic E-state index is -0.396. The molecule has 0 fully saturated rings. The number of benzene rings is 2. The van der Waals surface area contributed by atoms with Crippen molar-refractivity contribution in [1.82, 2.24) is 0 Å². The molecule has 2 rings (SSSR count). The molecule has 110 valence electrons. The Bertz CT molecular complexity index is 632. The molecule has 2 aromatic rings. The Balaban J connectivity index is 1.96. The Hall–Kier alpha value is -2.29. The highest BCUT2D eigenvalue weighted by atomic mass is 16.6. The molecule has 0 aliphatic rings. The van der Waals surface area contributed by atoms with Crippen molar-refractivity contribution < 1.29 is 14.3 Å². The van der Waals surface area contributed by atoms with Crippen LogP contribution in [0.3, 0.4) is 0 Å². The van der Waals surface area contributed by atoms with Crippen molar-refractivity contribution in [3.63, 3.8) is 0 Å². The molecule has 0 radical (unpaired) electrons. The SMILES string of the molecule is CCc1ccccc1OCC(=O)Oc1ccc(C)cc1C. The van der Waals surface area contributed by atoms with Crippen LogP contribution in [0.5, 0.6) is 11.5 Å². The van der Waals surface area contributed by atoms with Gasteiger partial charge in [0.25, 0.3) is 0 Å². The Morgan fingerprint density at radius 2 is 1.81 bits per heavy atom. The topological polar surface area (TPSA) is 35.5 Å². The number of esters is 1. The molecule has 3 heteroatoms. The Labute approximate surface area is 125 Å². The van der Waals surface area contributed by atoms with Gasteiger partial charge in [-0.15, -0.1) is 0 Å². The summed E-state index contributed by atoms with van der Waals surface area (Å²) in [6.45, 7) is 5.88. The molecule has 0 amide bonds. The fourth-order valence-electron chi connectivity index (χ4n) is 2.14. The van der Waals surface area contributed by atoms with Crippen molar-refractivity contribution in [1.29, 1.82) is 0 Å². The third-order valence-corrected chi connectivity index (χ3v) is 3.25. The van der Waals surface area contributed by atoms with Crippen molar-refractivity contribution >= 4 is 5.97 Å². The first-order valence-electron chi connectivity index (χ1n) is 7.08. The third-order valence-electron chi connectivity index (χ3n) is 3.25. The van der Waals surface area contributed by atoms with E-state index in [9.17, 15) is 4.79 Å². The highest BCUT2D eigenvalue weighted by Gasteiger charge is 2.09. The maximum absolute atomic E-state index is 11.9. The fourth-order valence-corrected chi connectivity index (χ4v) is 2.14. The number of ether oxygens (including phenoxy) is 2. The summed E-state index contributed by atoms with van der Waals surface area (Å²) in [5.74, 6) is 0.920. The minimum absolute atomic E-state index is 0.0929. The summed E-state index contributed by atoms with van der Waals surface area (Å²) in [7, 11) is 0. The highest BCUT2D eigenvalue weighted by molar-refractivity contribution is 5.74. The Morgan fingerprint density at radius 3 is 2.52 bits per heavy atom. The second-order valence-corrected chi connectivity index (χ2v) is 4.99. The molecule has 0 saturated carbocycles. The summed E-state index contributed by atoms with van der Waals surface area (Å²) < 4.78 is 10.9. The van der Waals surface area contributed by atoms with E-state index in [4.69, 9.17) is 9.47 Å². The zero-order valence-corrected chi connectivity index (χ0v) is 12.7. The van der Waals surface area contributed by atoms with Crippen LogP contribution < -0.4 is 9.47 Å². The van der Waals surface area contributed by atoms with Crippen LogP contribution in [-0.4, -0.2) is 12.6 Å². The molecular formula is C18H20O3. The van der Waals surface area contributed by atoms with Crippen LogP contribution in [0.1, 0.15) is 23.6 Å². The van der Waals surface area contributed by atoms with Gasteiger partial charge in [-0.3, -0.25) is 0 Å². The molecular weight excluding hydrogens is 264 g/mol. The largest absolute Gasteiger partial charge is 0.482 e. The van der Waals surface area contributed by atoms with Crippen molar-refractivity contribution in [3.05, 3.63) is 59.2 Å². The quantitative estimate of drug-likeness (QED) is 0.618. The molecule has 0 aromatic heterocycles. The van der Waals surface area contributed by atoms with Gasteiger partial charge in [0, 0.05) is 0 Å². The predicted molar refractivity (Wildman–Crippen MR) is 82.9 cm³/mol. The van der Waals surface area contributed by atoms with E-state index in [1.165, 1.54) is 0 Å². The molecule has 3 nitrogen and oxygen atoms in total. The van der Waals surface area contributed by atoms with Crippen LogP contribution in [0, 0.1) is 13.8 Å². The van der Waals surface area contributed by atoms with E-state index < -0.39 is 5.97 Å². The van der Waals surface area contributed by atoms with Gasteiger partial charge in [0.1, 0.15) is 11.5 Å². The van der Waals surface area contributed by atoms with Crippen LogP contribution in [0.2, 0.25) is 0 Å². The molecule has 21 heavy (non-hydrogen) atoms. The van der Waals surface area contributed by atoms with E-state index in [2.05, 4.69) is 6.92 Å². The molecule has 0 N–H and O–H groups in total.